The van der Waals surface area contributed by atoms with Gasteiger partial charge in [-0.25, -0.2) is 0 Å². The first kappa shape index (κ1) is 18.1. The summed E-state index contributed by atoms with van der Waals surface area (Å²) in [5.74, 6) is 0.315. The van der Waals surface area contributed by atoms with Crippen molar-refractivity contribution in [1.82, 2.24) is 0 Å². The lowest BCUT2D eigenvalue weighted by Gasteiger charge is -2.18. The molecule has 6 nitrogen and oxygen atoms in total. The average molecular weight is 375 g/mol. The maximum atomic E-state index is 12.5. The quantitative estimate of drug-likeness (QED) is 0.871. The smallest absolute Gasteiger partial charge is 0.229 e. The molecule has 1 N–H and O–H groups in total. The molecule has 1 atom stereocenters. The molecular weight excluding hydrogens is 356 g/mol. The third kappa shape index (κ3) is 3.60. The number of carbonyl (C=O) groups excluding carboxylic acids is 2. The van der Waals surface area contributed by atoms with Gasteiger partial charge in [0.05, 0.1) is 30.8 Å². The van der Waals surface area contributed by atoms with Crippen molar-refractivity contribution < 1.29 is 19.1 Å². The lowest BCUT2D eigenvalue weighted by molar-refractivity contribution is -0.122. The fraction of sp³-hybridized carbons (Fsp3) is 0.263. The summed E-state index contributed by atoms with van der Waals surface area (Å²) in [6.07, 6.45) is 0.143. The number of anilines is 2. The molecule has 0 spiro atoms. The van der Waals surface area contributed by atoms with Gasteiger partial charge in [-0.3, -0.25) is 9.59 Å². The van der Waals surface area contributed by atoms with Crippen LogP contribution in [0, 0.1) is 5.92 Å². The SMILES string of the molecule is COc1ccc(N2CC(C(=O)Nc3ccccc3Cl)CC2=O)cc1OC. The van der Waals surface area contributed by atoms with Gasteiger partial charge in [0.15, 0.2) is 11.5 Å². The number of ether oxygens (including phenoxy) is 2. The number of nitrogens with one attached hydrogen (secondary N) is 1. The molecule has 0 radical (unpaired) electrons. The van der Waals surface area contributed by atoms with E-state index < -0.39 is 5.92 Å². The van der Waals surface area contributed by atoms with Gasteiger partial charge in [0, 0.05) is 24.7 Å². The summed E-state index contributed by atoms with van der Waals surface area (Å²) in [5.41, 5.74) is 1.21. The molecule has 1 aliphatic heterocycles. The van der Waals surface area contributed by atoms with E-state index in [0.717, 1.165) is 0 Å². The Morgan fingerprint density at radius 3 is 2.58 bits per heavy atom. The van der Waals surface area contributed by atoms with Gasteiger partial charge in [-0.2, -0.15) is 0 Å². The minimum absolute atomic E-state index is 0.114. The minimum atomic E-state index is -0.452. The molecule has 1 unspecified atom stereocenters. The van der Waals surface area contributed by atoms with E-state index in [1.54, 1.807) is 54.5 Å². The molecule has 0 aliphatic carbocycles. The van der Waals surface area contributed by atoms with E-state index in [1.165, 1.54) is 7.11 Å². The monoisotopic (exact) mass is 374 g/mol. The number of hydrogen-bond acceptors (Lipinski definition) is 4. The highest BCUT2D eigenvalue weighted by Gasteiger charge is 2.35. The van der Waals surface area contributed by atoms with Crippen LogP contribution in [0.5, 0.6) is 11.5 Å². The number of rotatable bonds is 5. The second-order valence-electron chi connectivity index (χ2n) is 5.91. The van der Waals surface area contributed by atoms with Gasteiger partial charge in [-0.1, -0.05) is 23.7 Å². The molecule has 7 heteroatoms. The van der Waals surface area contributed by atoms with Crippen molar-refractivity contribution in [2.24, 2.45) is 5.92 Å². The van der Waals surface area contributed by atoms with Crippen LogP contribution in [0.3, 0.4) is 0 Å². The molecule has 0 aromatic heterocycles. The van der Waals surface area contributed by atoms with Crippen molar-refractivity contribution in [3.8, 4) is 11.5 Å². The lowest BCUT2D eigenvalue weighted by Crippen LogP contribution is -2.28. The Hall–Kier alpha value is -2.73. The van der Waals surface area contributed by atoms with Crippen molar-refractivity contribution in [2.45, 2.75) is 6.42 Å². The number of nitrogens with zero attached hydrogens (tertiary/aromatic N) is 1. The van der Waals surface area contributed by atoms with Crippen molar-refractivity contribution in [2.75, 3.05) is 31.0 Å². The fourth-order valence-corrected chi connectivity index (χ4v) is 3.11. The molecule has 1 aliphatic rings. The van der Waals surface area contributed by atoms with E-state index in [9.17, 15) is 9.59 Å². The predicted octanol–water partition coefficient (Wildman–Crippen LogP) is 3.35. The standard InChI is InChI=1S/C19H19ClN2O4/c1-25-16-8-7-13(10-17(16)26-2)22-11-12(9-18(22)23)19(24)21-15-6-4-3-5-14(15)20/h3-8,10,12H,9,11H2,1-2H3,(H,21,24). The fourth-order valence-electron chi connectivity index (χ4n) is 2.92. The van der Waals surface area contributed by atoms with Gasteiger partial charge in [-0.15, -0.1) is 0 Å². The van der Waals surface area contributed by atoms with Crippen LogP contribution in [0.25, 0.3) is 0 Å². The van der Waals surface area contributed by atoms with Crippen molar-refractivity contribution >= 4 is 34.8 Å². The van der Waals surface area contributed by atoms with Crippen molar-refractivity contribution in [1.29, 1.82) is 0 Å². The number of carbonyl (C=O) groups is 2. The van der Waals surface area contributed by atoms with Crippen LogP contribution < -0.4 is 19.7 Å². The van der Waals surface area contributed by atoms with Crippen LogP contribution in [-0.2, 0) is 9.59 Å². The van der Waals surface area contributed by atoms with Gasteiger partial charge in [0.25, 0.3) is 0 Å². The Kier molecular flexibility index (Phi) is 5.32. The van der Waals surface area contributed by atoms with Gasteiger partial charge in [0.2, 0.25) is 11.8 Å². The first-order valence-electron chi connectivity index (χ1n) is 8.11. The maximum Gasteiger partial charge on any atom is 0.229 e. The summed E-state index contributed by atoms with van der Waals surface area (Å²) >= 11 is 6.07. The number of methoxy groups -OCH3 is 2. The van der Waals surface area contributed by atoms with Crippen LogP contribution >= 0.6 is 11.6 Å². The Bertz CT molecular complexity index is 840. The summed E-state index contributed by atoms with van der Waals surface area (Å²) in [4.78, 5) is 26.5. The molecule has 3 rings (SSSR count). The highest BCUT2D eigenvalue weighted by Crippen LogP contribution is 2.34. The number of benzene rings is 2. The van der Waals surface area contributed by atoms with E-state index in [2.05, 4.69) is 5.32 Å². The second kappa shape index (κ2) is 7.66. The first-order valence-corrected chi connectivity index (χ1v) is 8.49. The van der Waals surface area contributed by atoms with Gasteiger partial charge >= 0.3 is 0 Å². The van der Waals surface area contributed by atoms with Gasteiger partial charge < -0.3 is 19.7 Å². The summed E-state index contributed by atoms with van der Waals surface area (Å²) in [6.45, 7) is 0.296. The highest BCUT2D eigenvalue weighted by molar-refractivity contribution is 6.33. The van der Waals surface area contributed by atoms with E-state index >= 15 is 0 Å². The highest BCUT2D eigenvalue weighted by atomic mass is 35.5. The normalized spacial score (nSPS) is 16.5. The number of halogens is 1. The molecule has 1 saturated heterocycles. The summed E-state index contributed by atoms with van der Waals surface area (Å²) in [7, 11) is 3.08. The Morgan fingerprint density at radius 1 is 1.15 bits per heavy atom. The minimum Gasteiger partial charge on any atom is -0.493 e. The van der Waals surface area contributed by atoms with E-state index in [1.807, 2.05) is 0 Å². The molecule has 0 saturated carbocycles. The van der Waals surface area contributed by atoms with Crippen molar-refractivity contribution in [3.05, 3.63) is 47.5 Å². The van der Waals surface area contributed by atoms with Crippen molar-refractivity contribution in [3.63, 3.8) is 0 Å². The van der Waals surface area contributed by atoms with Crippen LogP contribution in [-0.4, -0.2) is 32.6 Å². The zero-order valence-corrected chi connectivity index (χ0v) is 15.2. The zero-order chi connectivity index (χ0) is 18.7. The van der Waals surface area contributed by atoms with E-state index in [-0.39, 0.29) is 18.2 Å². The zero-order valence-electron chi connectivity index (χ0n) is 14.5. The van der Waals surface area contributed by atoms with Gasteiger partial charge in [0.1, 0.15) is 0 Å². The van der Waals surface area contributed by atoms with Gasteiger partial charge in [-0.05, 0) is 24.3 Å². The lowest BCUT2D eigenvalue weighted by atomic mass is 10.1. The maximum absolute atomic E-state index is 12.5. The molecule has 2 aromatic carbocycles. The Balaban J connectivity index is 1.74. The number of hydrogen-bond donors (Lipinski definition) is 1. The predicted molar refractivity (Wildman–Crippen MR) is 100 cm³/mol. The van der Waals surface area contributed by atoms with Crippen LogP contribution in [0.4, 0.5) is 11.4 Å². The molecular formula is C19H19ClN2O4. The van der Waals surface area contributed by atoms with E-state index in [0.29, 0.717) is 34.4 Å². The topological polar surface area (TPSA) is 67.9 Å². The summed E-state index contributed by atoms with van der Waals surface area (Å²) in [5, 5.41) is 3.25. The van der Waals surface area contributed by atoms with Crippen LogP contribution in [0.2, 0.25) is 5.02 Å². The molecule has 26 heavy (non-hydrogen) atoms. The Morgan fingerprint density at radius 2 is 1.88 bits per heavy atom. The molecule has 0 bridgehead atoms. The first-order chi connectivity index (χ1) is 12.5. The third-order valence-electron chi connectivity index (χ3n) is 4.31. The van der Waals surface area contributed by atoms with Crippen LogP contribution in [0.1, 0.15) is 6.42 Å². The Labute approximate surface area is 156 Å². The third-order valence-corrected chi connectivity index (χ3v) is 4.64. The summed E-state index contributed by atoms with van der Waals surface area (Å²) in [6, 6.07) is 12.2. The molecule has 2 aromatic rings. The van der Waals surface area contributed by atoms with E-state index in [4.69, 9.17) is 21.1 Å². The molecule has 2 amide bonds. The van der Waals surface area contributed by atoms with Crippen LogP contribution in [0.15, 0.2) is 42.5 Å². The number of para-hydroxylation sites is 1. The largest absolute Gasteiger partial charge is 0.493 e. The average Bonchev–Trinajstić information content (AvgIpc) is 3.05. The molecule has 1 fully saturated rings. The molecule has 1 heterocycles. The number of amides is 2. The summed E-state index contributed by atoms with van der Waals surface area (Å²) < 4.78 is 10.5. The second-order valence-corrected chi connectivity index (χ2v) is 6.32. The molecule has 136 valence electrons.